The SMILES string of the molecule is CCN(C(=O)COC(=O)c1cc2c(s1)-c1ccc(OC)cc1CC2)C1CCS(=O)(=O)C1. The Bertz CT molecular complexity index is 1120. The molecule has 7 nitrogen and oxygen atoms in total. The smallest absolute Gasteiger partial charge is 0.348 e. The van der Waals surface area contributed by atoms with Crippen molar-refractivity contribution in [1.82, 2.24) is 4.90 Å². The number of carbonyl (C=O) groups excluding carboxylic acids is 2. The molecule has 1 unspecified atom stereocenters. The molecule has 0 N–H and O–H groups in total. The van der Waals surface area contributed by atoms with Crippen LogP contribution in [0.15, 0.2) is 24.3 Å². The van der Waals surface area contributed by atoms with Crippen LogP contribution in [0.25, 0.3) is 10.4 Å². The van der Waals surface area contributed by atoms with E-state index < -0.39 is 15.8 Å². The van der Waals surface area contributed by atoms with Crippen molar-refractivity contribution in [3.05, 3.63) is 40.3 Å². The van der Waals surface area contributed by atoms with Gasteiger partial charge in [0.15, 0.2) is 16.4 Å². The number of nitrogens with zero attached hydrogens (tertiary/aromatic N) is 1. The molecule has 31 heavy (non-hydrogen) atoms. The number of amides is 1. The summed E-state index contributed by atoms with van der Waals surface area (Å²) in [6.07, 6.45) is 2.13. The van der Waals surface area contributed by atoms with Crippen molar-refractivity contribution >= 4 is 33.1 Å². The molecule has 0 bridgehead atoms. The number of carbonyl (C=O) groups is 2. The number of hydrogen-bond donors (Lipinski definition) is 0. The molecule has 1 aliphatic heterocycles. The molecule has 1 aromatic carbocycles. The molecule has 0 saturated carbocycles. The Hall–Kier alpha value is -2.39. The lowest BCUT2D eigenvalue weighted by atomic mass is 9.91. The number of likely N-dealkylation sites (N-methyl/N-ethyl adjacent to an activating group) is 1. The summed E-state index contributed by atoms with van der Waals surface area (Å²) in [7, 11) is -1.46. The highest BCUT2D eigenvalue weighted by Gasteiger charge is 2.34. The molecule has 1 fully saturated rings. The van der Waals surface area contributed by atoms with Crippen molar-refractivity contribution in [2.24, 2.45) is 0 Å². The normalized spacial score (nSPS) is 18.7. The van der Waals surface area contributed by atoms with Crippen molar-refractivity contribution in [1.29, 1.82) is 0 Å². The van der Waals surface area contributed by atoms with Gasteiger partial charge in [0.05, 0.1) is 18.6 Å². The molecule has 2 heterocycles. The highest BCUT2D eigenvalue weighted by atomic mass is 32.2. The van der Waals surface area contributed by atoms with Gasteiger partial charge in [0.2, 0.25) is 0 Å². The average Bonchev–Trinajstić information content (AvgIpc) is 3.35. The zero-order valence-corrected chi connectivity index (χ0v) is 19.2. The first-order chi connectivity index (χ1) is 14.8. The lowest BCUT2D eigenvalue weighted by Crippen LogP contribution is -2.43. The molecule has 1 aromatic heterocycles. The molecule has 1 atom stereocenters. The minimum Gasteiger partial charge on any atom is -0.497 e. The Morgan fingerprint density at radius 3 is 2.65 bits per heavy atom. The fourth-order valence-corrected chi connectivity index (χ4v) is 7.17. The number of hydrogen-bond acceptors (Lipinski definition) is 7. The standard InChI is InChI=1S/C22H25NO6S2/c1-3-23(16-8-9-31(26,27)13-16)20(24)12-29-22(25)19-11-15-5-4-14-10-17(28-2)6-7-18(14)21(15)30-19/h6-7,10-11,16H,3-5,8-9,12-13H2,1-2H3. The van der Waals surface area contributed by atoms with Gasteiger partial charge >= 0.3 is 5.97 Å². The molecule has 166 valence electrons. The van der Waals surface area contributed by atoms with E-state index in [4.69, 9.17) is 9.47 Å². The number of esters is 1. The topological polar surface area (TPSA) is 90.0 Å². The second kappa shape index (κ2) is 8.63. The summed E-state index contributed by atoms with van der Waals surface area (Å²) in [4.78, 5) is 28.2. The van der Waals surface area contributed by atoms with E-state index in [9.17, 15) is 18.0 Å². The summed E-state index contributed by atoms with van der Waals surface area (Å²) in [5.41, 5.74) is 3.39. The predicted molar refractivity (Wildman–Crippen MR) is 118 cm³/mol. The second-order valence-electron chi connectivity index (χ2n) is 7.80. The minimum atomic E-state index is -3.10. The first-order valence-electron chi connectivity index (χ1n) is 10.3. The Kier molecular flexibility index (Phi) is 6.07. The maximum Gasteiger partial charge on any atom is 0.348 e. The number of thiophene rings is 1. The van der Waals surface area contributed by atoms with Crippen LogP contribution in [-0.2, 0) is 32.2 Å². The molecule has 1 amide bonds. The van der Waals surface area contributed by atoms with Gasteiger partial charge in [0, 0.05) is 17.5 Å². The highest BCUT2D eigenvalue weighted by Crippen LogP contribution is 2.41. The van der Waals surface area contributed by atoms with Gasteiger partial charge < -0.3 is 14.4 Å². The van der Waals surface area contributed by atoms with Crippen molar-refractivity contribution in [3.8, 4) is 16.2 Å². The molecule has 2 aliphatic rings. The first-order valence-corrected chi connectivity index (χ1v) is 12.9. The fourth-order valence-electron chi connectivity index (χ4n) is 4.28. The van der Waals surface area contributed by atoms with Gasteiger partial charge in [-0.1, -0.05) is 0 Å². The molecule has 1 aliphatic carbocycles. The van der Waals surface area contributed by atoms with Crippen LogP contribution in [0.1, 0.15) is 34.1 Å². The van der Waals surface area contributed by atoms with Crippen LogP contribution >= 0.6 is 11.3 Å². The van der Waals surface area contributed by atoms with E-state index in [-0.39, 0.29) is 30.1 Å². The van der Waals surface area contributed by atoms with E-state index >= 15 is 0 Å². The molecule has 0 radical (unpaired) electrons. The average molecular weight is 464 g/mol. The third-order valence-corrected chi connectivity index (χ3v) is 8.81. The lowest BCUT2D eigenvalue weighted by Gasteiger charge is -2.26. The van der Waals surface area contributed by atoms with Crippen LogP contribution in [0.3, 0.4) is 0 Å². The number of methoxy groups -OCH3 is 1. The van der Waals surface area contributed by atoms with Crippen LogP contribution in [-0.4, -0.2) is 63.0 Å². The van der Waals surface area contributed by atoms with E-state index in [0.717, 1.165) is 34.6 Å². The van der Waals surface area contributed by atoms with E-state index in [1.165, 1.54) is 21.8 Å². The summed E-state index contributed by atoms with van der Waals surface area (Å²) in [6.45, 7) is 1.79. The maximum atomic E-state index is 12.6. The third-order valence-electron chi connectivity index (χ3n) is 5.87. The molecular formula is C22H25NO6S2. The molecule has 9 heteroatoms. The van der Waals surface area contributed by atoms with E-state index in [1.807, 2.05) is 24.3 Å². The number of benzene rings is 1. The zero-order chi connectivity index (χ0) is 22.2. The van der Waals surface area contributed by atoms with E-state index in [0.29, 0.717) is 17.8 Å². The van der Waals surface area contributed by atoms with Gasteiger partial charge in [-0.05, 0) is 67.1 Å². The van der Waals surface area contributed by atoms with Crippen LogP contribution in [0.5, 0.6) is 5.75 Å². The van der Waals surface area contributed by atoms with Crippen molar-refractivity contribution in [2.75, 3.05) is 31.8 Å². The minimum absolute atomic E-state index is 0.0254. The van der Waals surface area contributed by atoms with Crippen molar-refractivity contribution in [3.63, 3.8) is 0 Å². The molecular weight excluding hydrogens is 438 g/mol. The molecule has 1 saturated heterocycles. The molecule has 0 spiro atoms. The third kappa shape index (κ3) is 4.48. The fraction of sp³-hybridized carbons (Fsp3) is 0.455. The maximum absolute atomic E-state index is 12.6. The number of aryl methyl sites for hydroxylation is 2. The number of sulfone groups is 1. The summed E-state index contributed by atoms with van der Waals surface area (Å²) in [5.74, 6) is -0.0143. The Morgan fingerprint density at radius 1 is 1.19 bits per heavy atom. The van der Waals surface area contributed by atoms with Gasteiger partial charge in [-0.2, -0.15) is 0 Å². The van der Waals surface area contributed by atoms with Crippen LogP contribution in [0.4, 0.5) is 0 Å². The highest BCUT2D eigenvalue weighted by molar-refractivity contribution is 7.91. The lowest BCUT2D eigenvalue weighted by molar-refractivity contribution is -0.136. The summed E-state index contributed by atoms with van der Waals surface area (Å²) < 4.78 is 34.1. The van der Waals surface area contributed by atoms with Gasteiger partial charge in [0.1, 0.15) is 10.6 Å². The second-order valence-corrected chi connectivity index (χ2v) is 11.1. The van der Waals surface area contributed by atoms with Crippen molar-refractivity contribution in [2.45, 2.75) is 32.2 Å². The van der Waals surface area contributed by atoms with Crippen LogP contribution < -0.4 is 4.74 Å². The zero-order valence-electron chi connectivity index (χ0n) is 17.5. The number of rotatable bonds is 6. The largest absolute Gasteiger partial charge is 0.497 e. The first kappa shape index (κ1) is 21.8. The Balaban J connectivity index is 1.43. The van der Waals surface area contributed by atoms with Crippen LogP contribution in [0.2, 0.25) is 0 Å². The van der Waals surface area contributed by atoms with Crippen LogP contribution in [0, 0.1) is 0 Å². The Morgan fingerprint density at radius 2 is 1.97 bits per heavy atom. The number of ether oxygens (including phenoxy) is 2. The van der Waals surface area contributed by atoms with Crippen molar-refractivity contribution < 1.29 is 27.5 Å². The van der Waals surface area contributed by atoms with Gasteiger partial charge in [0.25, 0.3) is 5.91 Å². The summed E-state index contributed by atoms with van der Waals surface area (Å²) in [5, 5.41) is 0. The predicted octanol–water partition coefficient (Wildman–Crippen LogP) is 2.71. The van der Waals surface area contributed by atoms with Gasteiger partial charge in [-0.3, -0.25) is 4.79 Å². The number of fused-ring (bicyclic) bond motifs is 3. The summed E-state index contributed by atoms with van der Waals surface area (Å²) >= 11 is 1.37. The van der Waals surface area contributed by atoms with E-state index in [1.54, 1.807) is 14.0 Å². The Labute approximate surface area is 185 Å². The van der Waals surface area contributed by atoms with Gasteiger partial charge in [-0.25, -0.2) is 13.2 Å². The molecule has 4 rings (SSSR count). The quantitative estimate of drug-likeness (QED) is 0.612. The monoisotopic (exact) mass is 463 g/mol. The molecule has 2 aromatic rings. The van der Waals surface area contributed by atoms with E-state index in [2.05, 4.69) is 0 Å². The summed E-state index contributed by atoms with van der Waals surface area (Å²) in [6, 6.07) is 7.45. The van der Waals surface area contributed by atoms with Gasteiger partial charge in [-0.15, -0.1) is 11.3 Å².